The zero-order valence-corrected chi connectivity index (χ0v) is 18.7. The number of aryl methyl sites for hydroxylation is 1. The fourth-order valence-electron chi connectivity index (χ4n) is 4.56. The number of hydrogen-bond donors (Lipinski definition) is 1. The standard InChI is InChI=1S/C26H30FN3O2/c1-3-28-12-14-29(15-13-28)25(21-10-7-11-22(27)17-21)24-23(31)16-19(2)30(26(24)32)18-20-8-5-4-6-9-20/h4-11,16-17,25,31H,3,12-15,18H2,1-2H3/t25-/m1/s1. The van der Waals surface area contributed by atoms with E-state index in [-0.39, 0.29) is 17.1 Å². The average Bonchev–Trinajstić information content (AvgIpc) is 2.80. The van der Waals surface area contributed by atoms with Crippen molar-refractivity contribution in [3.05, 3.63) is 99.2 Å². The van der Waals surface area contributed by atoms with Gasteiger partial charge in [-0.25, -0.2) is 4.39 Å². The molecule has 6 heteroatoms. The van der Waals surface area contributed by atoms with Gasteiger partial charge in [-0.3, -0.25) is 9.69 Å². The van der Waals surface area contributed by atoms with E-state index in [0.29, 0.717) is 23.4 Å². The zero-order valence-electron chi connectivity index (χ0n) is 18.7. The Morgan fingerprint density at radius 2 is 1.72 bits per heavy atom. The number of benzene rings is 2. The van der Waals surface area contributed by atoms with Crippen LogP contribution < -0.4 is 5.56 Å². The molecule has 0 spiro atoms. The summed E-state index contributed by atoms with van der Waals surface area (Å²) >= 11 is 0. The van der Waals surface area contributed by atoms with Crippen LogP contribution in [0.15, 0.2) is 65.5 Å². The van der Waals surface area contributed by atoms with E-state index < -0.39 is 6.04 Å². The normalized spacial score (nSPS) is 16.2. The van der Waals surface area contributed by atoms with E-state index in [2.05, 4.69) is 16.7 Å². The van der Waals surface area contributed by atoms with Crippen LogP contribution >= 0.6 is 0 Å². The minimum absolute atomic E-state index is 0.0380. The monoisotopic (exact) mass is 435 g/mol. The quantitative estimate of drug-likeness (QED) is 0.640. The van der Waals surface area contributed by atoms with Crippen molar-refractivity contribution in [1.82, 2.24) is 14.4 Å². The van der Waals surface area contributed by atoms with Crippen LogP contribution in [0, 0.1) is 12.7 Å². The lowest BCUT2D eigenvalue weighted by Crippen LogP contribution is -2.48. The fourth-order valence-corrected chi connectivity index (χ4v) is 4.56. The van der Waals surface area contributed by atoms with Crippen LogP contribution in [-0.2, 0) is 6.54 Å². The van der Waals surface area contributed by atoms with Gasteiger partial charge in [0, 0.05) is 31.9 Å². The Morgan fingerprint density at radius 1 is 1.00 bits per heavy atom. The molecule has 3 aromatic rings. The predicted molar refractivity (Wildman–Crippen MR) is 125 cm³/mol. The molecule has 1 aromatic heterocycles. The maximum absolute atomic E-state index is 14.2. The molecule has 1 atom stereocenters. The van der Waals surface area contributed by atoms with Crippen molar-refractivity contribution in [2.45, 2.75) is 26.4 Å². The molecule has 0 amide bonds. The number of pyridine rings is 1. The molecule has 0 radical (unpaired) electrons. The summed E-state index contributed by atoms with van der Waals surface area (Å²) in [6.45, 7) is 8.55. The molecule has 168 valence electrons. The van der Waals surface area contributed by atoms with E-state index in [4.69, 9.17) is 0 Å². The van der Waals surface area contributed by atoms with Gasteiger partial charge in [0.2, 0.25) is 0 Å². The SMILES string of the molecule is CCN1CCN([C@H](c2cccc(F)c2)c2c(O)cc(C)n(Cc3ccccc3)c2=O)CC1. The topological polar surface area (TPSA) is 48.7 Å². The Morgan fingerprint density at radius 3 is 2.38 bits per heavy atom. The van der Waals surface area contributed by atoms with Gasteiger partial charge in [0.15, 0.2) is 0 Å². The average molecular weight is 436 g/mol. The van der Waals surface area contributed by atoms with Gasteiger partial charge in [-0.2, -0.15) is 0 Å². The van der Waals surface area contributed by atoms with Gasteiger partial charge in [-0.05, 0) is 42.8 Å². The number of halogens is 1. The van der Waals surface area contributed by atoms with Gasteiger partial charge in [-0.15, -0.1) is 0 Å². The molecule has 0 unspecified atom stereocenters. The number of aromatic hydroxyl groups is 1. The zero-order chi connectivity index (χ0) is 22.7. The highest BCUT2D eigenvalue weighted by molar-refractivity contribution is 5.41. The van der Waals surface area contributed by atoms with Crippen LogP contribution in [0.25, 0.3) is 0 Å². The van der Waals surface area contributed by atoms with E-state index in [0.717, 1.165) is 38.3 Å². The Labute approximate surface area is 188 Å². The van der Waals surface area contributed by atoms with Crippen LogP contribution in [-0.4, -0.2) is 52.2 Å². The molecule has 1 aliphatic heterocycles. The highest BCUT2D eigenvalue weighted by Crippen LogP contribution is 2.33. The number of hydrogen-bond acceptors (Lipinski definition) is 4. The van der Waals surface area contributed by atoms with Crippen molar-refractivity contribution >= 4 is 0 Å². The van der Waals surface area contributed by atoms with Gasteiger partial charge in [-0.1, -0.05) is 49.4 Å². The van der Waals surface area contributed by atoms with Crippen LogP contribution in [0.2, 0.25) is 0 Å². The van der Waals surface area contributed by atoms with E-state index >= 15 is 0 Å². The van der Waals surface area contributed by atoms with Gasteiger partial charge in [0.05, 0.1) is 18.2 Å². The van der Waals surface area contributed by atoms with E-state index in [9.17, 15) is 14.3 Å². The van der Waals surface area contributed by atoms with Crippen LogP contribution in [0.3, 0.4) is 0 Å². The van der Waals surface area contributed by atoms with Crippen molar-refractivity contribution in [3.8, 4) is 5.75 Å². The van der Waals surface area contributed by atoms with Crippen LogP contribution in [0.4, 0.5) is 4.39 Å². The minimum atomic E-state index is -0.514. The lowest BCUT2D eigenvalue weighted by molar-refractivity contribution is 0.111. The second kappa shape index (κ2) is 9.67. The number of piperazine rings is 1. The molecule has 1 saturated heterocycles. The number of rotatable bonds is 6. The maximum Gasteiger partial charge on any atom is 0.259 e. The van der Waals surface area contributed by atoms with E-state index in [1.807, 2.05) is 43.3 Å². The van der Waals surface area contributed by atoms with Crippen molar-refractivity contribution in [2.24, 2.45) is 0 Å². The third kappa shape index (κ3) is 4.61. The summed E-state index contributed by atoms with van der Waals surface area (Å²) in [4.78, 5) is 18.3. The molecule has 0 bridgehead atoms. The molecule has 1 fully saturated rings. The van der Waals surface area contributed by atoms with Crippen molar-refractivity contribution in [3.63, 3.8) is 0 Å². The first kappa shape index (κ1) is 22.2. The summed E-state index contributed by atoms with van der Waals surface area (Å²) < 4.78 is 15.9. The molecule has 1 aliphatic rings. The van der Waals surface area contributed by atoms with Gasteiger partial charge in [0.1, 0.15) is 11.6 Å². The number of nitrogens with zero attached hydrogens (tertiary/aromatic N) is 3. The number of likely N-dealkylation sites (N-methyl/N-ethyl adjacent to an activating group) is 1. The highest BCUT2D eigenvalue weighted by Gasteiger charge is 2.31. The second-order valence-corrected chi connectivity index (χ2v) is 8.39. The van der Waals surface area contributed by atoms with Crippen molar-refractivity contribution in [2.75, 3.05) is 32.7 Å². The summed E-state index contributed by atoms with van der Waals surface area (Å²) in [5, 5.41) is 10.9. The predicted octanol–water partition coefficient (Wildman–Crippen LogP) is 3.78. The Kier molecular flexibility index (Phi) is 6.72. The van der Waals surface area contributed by atoms with Gasteiger partial charge < -0.3 is 14.6 Å². The Balaban J connectivity index is 1.82. The maximum atomic E-state index is 14.2. The molecule has 4 rings (SSSR count). The molecule has 1 N–H and O–H groups in total. The summed E-state index contributed by atoms with van der Waals surface area (Å²) in [7, 11) is 0. The molecule has 32 heavy (non-hydrogen) atoms. The highest BCUT2D eigenvalue weighted by atomic mass is 19.1. The smallest absolute Gasteiger partial charge is 0.259 e. The van der Waals surface area contributed by atoms with E-state index in [1.165, 1.54) is 12.1 Å². The Hall–Kier alpha value is -2.96. The summed E-state index contributed by atoms with van der Waals surface area (Å²) in [6, 6.07) is 17.3. The molecule has 0 aliphatic carbocycles. The third-order valence-electron chi connectivity index (χ3n) is 6.36. The first-order valence-electron chi connectivity index (χ1n) is 11.2. The second-order valence-electron chi connectivity index (χ2n) is 8.39. The van der Waals surface area contributed by atoms with Crippen LogP contribution in [0.5, 0.6) is 5.75 Å². The number of aromatic nitrogens is 1. The lowest BCUT2D eigenvalue weighted by Gasteiger charge is -2.39. The first-order valence-corrected chi connectivity index (χ1v) is 11.2. The summed E-state index contributed by atoms with van der Waals surface area (Å²) in [5.41, 5.74) is 2.44. The van der Waals surface area contributed by atoms with Gasteiger partial charge in [0.25, 0.3) is 5.56 Å². The van der Waals surface area contributed by atoms with Crippen molar-refractivity contribution in [1.29, 1.82) is 0 Å². The first-order chi connectivity index (χ1) is 15.5. The lowest BCUT2D eigenvalue weighted by atomic mass is 9.95. The third-order valence-corrected chi connectivity index (χ3v) is 6.36. The largest absolute Gasteiger partial charge is 0.507 e. The minimum Gasteiger partial charge on any atom is -0.507 e. The summed E-state index contributed by atoms with van der Waals surface area (Å²) in [5.74, 6) is -0.389. The van der Waals surface area contributed by atoms with Gasteiger partial charge >= 0.3 is 0 Å². The molecule has 2 aromatic carbocycles. The molecular formula is C26H30FN3O2. The summed E-state index contributed by atoms with van der Waals surface area (Å²) in [6.07, 6.45) is 0. The van der Waals surface area contributed by atoms with Crippen LogP contribution in [0.1, 0.15) is 35.3 Å². The van der Waals surface area contributed by atoms with Crippen molar-refractivity contribution < 1.29 is 9.50 Å². The molecule has 5 nitrogen and oxygen atoms in total. The van der Waals surface area contributed by atoms with E-state index in [1.54, 1.807) is 16.7 Å². The Bertz CT molecular complexity index is 1120. The molecule has 2 heterocycles. The molecule has 0 saturated carbocycles. The fraction of sp³-hybridized carbons (Fsp3) is 0.346. The molecular weight excluding hydrogens is 405 g/mol.